The number of carbonyl (C=O) groups excluding carboxylic acids is 2. The smallest absolute Gasteiger partial charge is 0.854 e. The van der Waals surface area contributed by atoms with Crippen molar-refractivity contribution in [2.24, 2.45) is 0 Å². The number of Topliss-reactive ketones (excluding diaryl/α,β-unsaturated/α-hetero) is 1. The largest absolute Gasteiger partial charge is 2.00 e. The van der Waals surface area contributed by atoms with Crippen LogP contribution in [0.15, 0.2) is 0 Å². The standard InChI is InChI=1S/C4H6O3.C4H9O.Zr/c1-3(5)2-4(6)7;1-2-3-4-5;/h2H2,1H3,(H,6,7);2-4H2,1H3;/q;-1;+2/p-1. The summed E-state index contributed by atoms with van der Waals surface area (Å²) in [6, 6.07) is 0. The fraction of sp³-hybridized carbons (Fsp3) is 0.750. The molecule has 0 bridgehead atoms. The Bertz CT molecular complexity index is 122. The number of carboxylic acid groups (broad SMARTS) is 1. The van der Waals surface area contributed by atoms with E-state index in [1.165, 1.54) is 6.92 Å². The summed E-state index contributed by atoms with van der Waals surface area (Å²) in [6.45, 7) is 3.31. The monoisotopic (exact) mass is 264 g/mol. The molecule has 0 N–H and O–H groups in total. The van der Waals surface area contributed by atoms with Crippen molar-refractivity contribution in [1.82, 2.24) is 0 Å². The number of carbonyl (C=O) groups is 2. The van der Waals surface area contributed by atoms with Crippen LogP contribution in [0.25, 0.3) is 0 Å². The third-order valence-corrected chi connectivity index (χ3v) is 0.891. The number of ketones is 1. The Hall–Kier alpha value is -0.0169. The van der Waals surface area contributed by atoms with Crippen LogP contribution < -0.4 is 10.2 Å². The van der Waals surface area contributed by atoms with E-state index in [1.54, 1.807) is 0 Å². The van der Waals surface area contributed by atoms with Gasteiger partial charge >= 0.3 is 26.2 Å². The van der Waals surface area contributed by atoms with Gasteiger partial charge in [-0.2, -0.15) is 0 Å². The average molecular weight is 265 g/mol. The first-order valence-corrected chi connectivity index (χ1v) is 3.82. The van der Waals surface area contributed by atoms with Crippen molar-refractivity contribution >= 4 is 11.8 Å². The van der Waals surface area contributed by atoms with Gasteiger partial charge in [0, 0.05) is 12.4 Å². The second kappa shape index (κ2) is 14.5. The summed E-state index contributed by atoms with van der Waals surface area (Å²) in [4.78, 5) is 19.3. The molecule has 0 saturated heterocycles. The molecule has 0 aromatic rings. The normalized spacial score (nSPS) is 7.62. The van der Waals surface area contributed by atoms with Crippen LogP contribution in [0.1, 0.15) is 33.1 Å². The SMILES string of the molecule is CC(=O)CC(=O)[O-].CCCC[O-].[Zr+2]. The topological polar surface area (TPSA) is 80.3 Å². The molecule has 0 aliphatic carbocycles. The molecule has 13 heavy (non-hydrogen) atoms. The van der Waals surface area contributed by atoms with Crippen LogP contribution in [-0.2, 0) is 35.8 Å². The summed E-state index contributed by atoms with van der Waals surface area (Å²) in [7, 11) is 0. The zero-order valence-electron chi connectivity index (χ0n) is 7.96. The first-order valence-electron chi connectivity index (χ1n) is 3.82. The van der Waals surface area contributed by atoms with Crippen molar-refractivity contribution < 1.29 is 46.0 Å². The van der Waals surface area contributed by atoms with Crippen molar-refractivity contribution in [2.45, 2.75) is 33.1 Å². The van der Waals surface area contributed by atoms with Crippen molar-refractivity contribution in [1.29, 1.82) is 0 Å². The molecule has 0 fully saturated rings. The molecule has 0 rings (SSSR count). The molecular formula is C8H14O4Zr. The summed E-state index contributed by atoms with van der Waals surface area (Å²) >= 11 is 0. The first-order chi connectivity index (χ1) is 5.54. The van der Waals surface area contributed by atoms with E-state index in [1.807, 2.05) is 6.92 Å². The molecule has 74 valence electrons. The maximum atomic E-state index is 9.83. The van der Waals surface area contributed by atoms with Crippen LogP contribution in [0.4, 0.5) is 0 Å². The number of unbranched alkanes of at least 4 members (excludes halogenated alkanes) is 1. The van der Waals surface area contributed by atoms with Crippen molar-refractivity contribution in [3.05, 3.63) is 0 Å². The minimum atomic E-state index is -1.31. The van der Waals surface area contributed by atoms with Crippen molar-refractivity contribution in [3.8, 4) is 0 Å². The minimum absolute atomic E-state index is 0. The van der Waals surface area contributed by atoms with Gasteiger partial charge in [-0.25, -0.2) is 0 Å². The van der Waals surface area contributed by atoms with Crippen molar-refractivity contribution in [3.63, 3.8) is 0 Å². The molecule has 0 unspecified atom stereocenters. The fourth-order valence-corrected chi connectivity index (χ4v) is 0.348. The van der Waals surface area contributed by atoms with E-state index in [0.29, 0.717) is 0 Å². The molecule has 0 saturated carbocycles. The van der Waals surface area contributed by atoms with Crippen LogP contribution in [0, 0.1) is 0 Å². The van der Waals surface area contributed by atoms with Gasteiger partial charge in [-0.15, -0.1) is 6.61 Å². The van der Waals surface area contributed by atoms with Crippen LogP contribution in [-0.4, -0.2) is 18.4 Å². The minimum Gasteiger partial charge on any atom is -0.854 e. The van der Waals surface area contributed by atoms with Gasteiger partial charge in [-0.05, 0) is 6.92 Å². The van der Waals surface area contributed by atoms with E-state index in [2.05, 4.69) is 0 Å². The molecular weight excluding hydrogens is 251 g/mol. The summed E-state index contributed by atoms with van der Waals surface area (Å²) in [5.41, 5.74) is 0. The van der Waals surface area contributed by atoms with Gasteiger partial charge in [0.05, 0.1) is 0 Å². The molecule has 0 aliphatic heterocycles. The van der Waals surface area contributed by atoms with E-state index in [0.717, 1.165) is 12.8 Å². The molecule has 0 aliphatic rings. The van der Waals surface area contributed by atoms with Gasteiger partial charge < -0.3 is 15.0 Å². The Kier molecular flexibility index (Phi) is 20.9. The van der Waals surface area contributed by atoms with E-state index in [9.17, 15) is 19.8 Å². The number of hydrogen-bond acceptors (Lipinski definition) is 4. The Balaban J connectivity index is -0.000000150. The molecule has 0 aromatic carbocycles. The quantitative estimate of drug-likeness (QED) is 0.602. The zero-order valence-corrected chi connectivity index (χ0v) is 10.4. The summed E-state index contributed by atoms with van der Waals surface area (Å²) in [5, 5.41) is 19.0. The van der Waals surface area contributed by atoms with Crippen molar-refractivity contribution in [2.75, 3.05) is 6.61 Å². The molecule has 0 heterocycles. The van der Waals surface area contributed by atoms with Gasteiger partial charge in [0.25, 0.3) is 0 Å². The fourth-order valence-electron chi connectivity index (χ4n) is 0.348. The van der Waals surface area contributed by atoms with Gasteiger partial charge in [0.2, 0.25) is 0 Å². The Morgan fingerprint density at radius 1 is 1.31 bits per heavy atom. The summed E-state index contributed by atoms with van der Waals surface area (Å²) < 4.78 is 0. The molecule has 0 amide bonds. The Labute approximate surface area is 97.5 Å². The second-order valence-corrected chi connectivity index (χ2v) is 2.31. The zero-order chi connectivity index (χ0) is 9.98. The molecule has 0 radical (unpaired) electrons. The van der Waals surface area contributed by atoms with E-state index in [4.69, 9.17) is 0 Å². The third-order valence-electron chi connectivity index (χ3n) is 0.891. The maximum Gasteiger partial charge on any atom is 2.00 e. The second-order valence-electron chi connectivity index (χ2n) is 2.31. The summed E-state index contributed by atoms with van der Waals surface area (Å²) in [5.74, 6) is -1.69. The maximum absolute atomic E-state index is 9.83. The van der Waals surface area contributed by atoms with Crippen LogP contribution in [0.2, 0.25) is 0 Å². The molecule has 0 aromatic heterocycles. The van der Waals surface area contributed by atoms with E-state index >= 15 is 0 Å². The summed E-state index contributed by atoms with van der Waals surface area (Å²) in [6.07, 6.45) is 1.39. The number of rotatable bonds is 4. The van der Waals surface area contributed by atoms with E-state index in [-0.39, 0.29) is 38.6 Å². The Morgan fingerprint density at radius 3 is 1.77 bits per heavy atom. The van der Waals surface area contributed by atoms with Gasteiger partial charge in [-0.3, -0.25) is 4.79 Å². The van der Waals surface area contributed by atoms with Gasteiger partial charge in [0.1, 0.15) is 5.78 Å². The number of hydrogen-bond donors (Lipinski definition) is 0. The van der Waals surface area contributed by atoms with Gasteiger partial charge in [0.15, 0.2) is 0 Å². The third kappa shape index (κ3) is 33.4. The van der Waals surface area contributed by atoms with Crippen LogP contribution in [0.5, 0.6) is 0 Å². The van der Waals surface area contributed by atoms with E-state index < -0.39 is 12.4 Å². The Morgan fingerprint density at radius 2 is 1.77 bits per heavy atom. The number of aliphatic carboxylic acids is 1. The van der Waals surface area contributed by atoms with Crippen LogP contribution in [0.3, 0.4) is 0 Å². The molecule has 4 nitrogen and oxygen atoms in total. The van der Waals surface area contributed by atoms with Gasteiger partial charge in [-0.1, -0.05) is 19.8 Å². The molecule has 0 atom stereocenters. The predicted molar refractivity (Wildman–Crippen MR) is 40.1 cm³/mol. The molecule has 5 heteroatoms. The van der Waals surface area contributed by atoms with Crippen LogP contribution >= 0.6 is 0 Å². The predicted octanol–water partition coefficient (Wildman–Crippen LogP) is -1.14. The average Bonchev–Trinajstić information content (AvgIpc) is 1.87. The number of carboxylic acids is 1. The molecule has 0 spiro atoms. The first kappa shape index (κ1) is 18.7.